The molecule has 3 rings (SSSR count). The lowest BCUT2D eigenvalue weighted by Crippen LogP contribution is -2.26. The van der Waals surface area contributed by atoms with Gasteiger partial charge >= 0.3 is 5.97 Å². The van der Waals surface area contributed by atoms with Crippen molar-refractivity contribution in [1.82, 2.24) is 9.55 Å². The van der Waals surface area contributed by atoms with Crippen LogP contribution in [0.25, 0.3) is 17.0 Å². The molecule has 0 N–H and O–H groups in total. The van der Waals surface area contributed by atoms with Crippen molar-refractivity contribution in [2.75, 3.05) is 0 Å². The van der Waals surface area contributed by atoms with Crippen molar-refractivity contribution in [3.63, 3.8) is 0 Å². The zero-order valence-electron chi connectivity index (χ0n) is 14.1. The highest BCUT2D eigenvalue weighted by atomic mass is 35.5. The van der Waals surface area contributed by atoms with Crippen LogP contribution < -0.4 is 5.56 Å². The number of carbonyl (C=O) groups excluding carboxylic acids is 1. The van der Waals surface area contributed by atoms with Crippen molar-refractivity contribution in [2.24, 2.45) is 0 Å². The zero-order valence-corrected chi connectivity index (χ0v) is 14.9. The van der Waals surface area contributed by atoms with Gasteiger partial charge in [0.05, 0.1) is 17.0 Å². The van der Waals surface area contributed by atoms with Gasteiger partial charge in [0.2, 0.25) is 0 Å². The number of benzene rings is 2. The number of nitriles is 1. The largest absolute Gasteiger partial charge is 0.454 e. The first kappa shape index (κ1) is 18.4. The Morgan fingerprint density at radius 3 is 2.74 bits per heavy atom. The lowest BCUT2D eigenvalue weighted by molar-refractivity contribution is -0.139. The third-order valence-electron chi connectivity index (χ3n) is 3.82. The zero-order chi connectivity index (χ0) is 19.2. The van der Waals surface area contributed by atoms with Gasteiger partial charge in [-0.15, -0.1) is 0 Å². The highest BCUT2D eigenvalue weighted by molar-refractivity contribution is 6.32. The molecular formula is C20H14ClN3O3. The third-order valence-corrected chi connectivity index (χ3v) is 4.16. The van der Waals surface area contributed by atoms with Crippen molar-refractivity contribution in [2.45, 2.75) is 13.2 Å². The van der Waals surface area contributed by atoms with Gasteiger partial charge in [-0.1, -0.05) is 41.9 Å². The minimum Gasteiger partial charge on any atom is -0.454 e. The van der Waals surface area contributed by atoms with E-state index in [1.165, 1.54) is 10.6 Å². The first-order chi connectivity index (χ1) is 13.1. The molecule has 0 aliphatic rings. The molecule has 0 aliphatic heterocycles. The first-order valence-electron chi connectivity index (χ1n) is 8.05. The summed E-state index contributed by atoms with van der Waals surface area (Å²) in [6.07, 6.45) is 2.79. The Morgan fingerprint density at radius 1 is 1.22 bits per heavy atom. The van der Waals surface area contributed by atoms with E-state index in [1.807, 2.05) is 6.07 Å². The molecular weight excluding hydrogens is 366 g/mol. The fraction of sp³-hybridized carbons (Fsp3) is 0.100. The number of halogens is 1. The minimum absolute atomic E-state index is 0.182. The van der Waals surface area contributed by atoms with Crippen LogP contribution >= 0.6 is 11.6 Å². The van der Waals surface area contributed by atoms with E-state index in [-0.39, 0.29) is 24.5 Å². The molecule has 0 atom stereocenters. The van der Waals surface area contributed by atoms with E-state index in [0.29, 0.717) is 21.5 Å². The van der Waals surface area contributed by atoms with Crippen LogP contribution in [-0.4, -0.2) is 15.5 Å². The van der Waals surface area contributed by atoms with Gasteiger partial charge in [-0.25, -0.2) is 9.78 Å². The highest BCUT2D eigenvalue weighted by Gasteiger charge is 2.12. The predicted octanol–water partition coefficient (Wildman–Crippen LogP) is 3.33. The number of hydrogen-bond acceptors (Lipinski definition) is 5. The average molecular weight is 380 g/mol. The Morgan fingerprint density at radius 2 is 1.96 bits per heavy atom. The average Bonchev–Trinajstić information content (AvgIpc) is 2.68. The van der Waals surface area contributed by atoms with Gasteiger partial charge in [0, 0.05) is 11.1 Å². The Labute approximate surface area is 159 Å². The summed E-state index contributed by atoms with van der Waals surface area (Å²) in [4.78, 5) is 28.9. The van der Waals surface area contributed by atoms with E-state index in [2.05, 4.69) is 4.98 Å². The van der Waals surface area contributed by atoms with Gasteiger partial charge in [-0.2, -0.15) is 5.26 Å². The standard InChI is InChI=1S/C20H14ClN3O3/c21-16-7-3-1-5-14(16)9-10-19(25)27-13-18-23-17-8-4-2-6-15(17)20(26)24(18)12-11-22/h1-10H,12-13H2/b10-9+. The van der Waals surface area contributed by atoms with Crippen molar-refractivity contribution < 1.29 is 9.53 Å². The molecule has 1 aromatic heterocycles. The molecule has 7 heteroatoms. The summed E-state index contributed by atoms with van der Waals surface area (Å²) < 4.78 is 6.38. The fourth-order valence-corrected chi connectivity index (χ4v) is 2.71. The summed E-state index contributed by atoms with van der Waals surface area (Å²) >= 11 is 6.03. The molecule has 6 nitrogen and oxygen atoms in total. The molecule has 0 fully saturated rings. The van der Waals surface area contributed by atoms with Gasteiger partial charge in [-0.3, -0.25) is 9.36 Å². The molecule has 2 aromatic carbocycles. The summed E-state index contributed by atoms with van der Waals surface area (Å²) in [6.45, 7) is -0.410. The van der Waals surface area contributed by atoms with E-state index in [1.54, 1.807) is 54.6 Å². The number of nitrogens with zero attached hydrogens (tertiary/aromatic N) is 3. The van der Waals surface area contributed by atoms with Gasteiger partial charge in [0.25, 0.3) is 5.56 Å². The predicted molar refractivity (Wildman–Crippen MR) is 102 cm³/mol. The molecule has 3 aromatic rings. The lowest BCUT2D eigenvalue weighted by atomic mass is 10.2. The van der Waals surface area contributed by atoms with E-state index in [9.17, 15) is 9.59 Å². The second-order valence-electron chi connectivity index (χ2n) is 5.56. The Kier molecular flexibility index (Phi) is 5.64. The normalized spacial score (nSPS) is 10.8. The highest BCUT2D eigenvalue weighted by Crippen LogP contribution is 2.16. The summed E-state index contributed by atoms with van der Waals surface area (Å²) in [5, 5.41) is 9.90. The number of esters is 1. The van der Waals surface area contributed by atoms with Crippen molar-refractivity contribution in [3.8, 4) is 6.07 Å². The molecule has 0 radical (unpaired) electrons. The van der Waals surface area contributed by atoms with Gasteiger partial charge in [0.15, 0.2) is 5.82 Å². The summed E-state index contributed by atoms with van der Waals surface area (Å²) in [7, 11) is 0. The molecule has 1 heterocycles. The van der Waals surface area contributed by atoms with Crippen LogP contribution in [-0.2, 0) is 22.7 Å². The Hall–Kier alpha value is -3.43. The first-order valence-corrected chi connectivity index (χ1v) is 8.42. The summed E-state index contributed by atoms with van der Waals surface area (Å²) in [5.74, 6) is -0.402. The van der Waals surface area contributed by atoms with E-state index < -0.39 is 5.97 Å². The number of fused-ring (bicyclic) bond motifs is 1. The van der Waals surface area contributed by atoms with Crippen molar-refractivity contribution in [1.29, 1.82) is 5.26 Å². The number of rotatable bonds is 5. The van der Waals surface area contributed by atoms with Crippen LogP contribution in [0.1, 0.15) is 11.4 Å². The molecule has 0 saturated heterocycles. The molecule has 27 heavy (non-hydrogen) atoms. The maximum absolute atomic E-state index is 12.5. The topological polar surface area (TPSA) is 85.0 Å². The number of ether oxygens (including phenoxy) is 1. The molecule has 0 spiro atoms. The van der Waals surface area contributed by atoms with E-state index in [4.69, 9.17) is 21.6 Å². The van der Waals surface area contributed by atoms with Crippen LogP contribution in [0.2, 0.25) is 5.02 Å². The maximum Gasteiger partial charge on any atom is 0.331 e. The van der Waals surface area contributed by atoms with Gasteiger partial charge in [0.1, 0.15) is 13.2 Å². The molecule has 0 bridgehead atoms. The summed E-state index contributed by atoms with van der Waals surface area (Å²) in [5.41, 5.74) is 0.815. The van der Waals surface area contributed by atoms with E-state index in [0.717, 1.165) is 0 Å². The van der Waals surface area contributed by atoms with E-state index >= 15 is 0 Å². The smallest absolute Gasteiger partial charge is 0.331 e. The third kappa shape index (κ3) is 4.22. The van der Waals surface area contributed by atoms with Crippen LogP contribution in [0.5, 0.6) is 0 Å². The number of carbonyl (C=O) groups is 1. The second-order valence-corrected chi connectivity index (χ2v) is 5.96. The quantitative estimate of drug-likeness (QED) is 0.501. The molecule has 0 amide bonds. The second kappa shape index (κ2) is 8.30. The van der Waals surface area contributed by atoms with Crippen LogP contribution in [0.3, 0.4) is 0 Å². The van der Waals surface area contributed by atoms with Crippen molar-refractivity contribution in [3.05, 3.63) is 81.4 Å². The minimum atomic E-state index is -0.610. The monoisotopic (exact) mass is 379 g/mol. The van der Waals surface area contributed by atoms with Gasteiger partial charge in [-0.05, 0) is 29.8 Å². The SMILES string of the molecule is N#CCn1c(COC(=O)/C=C/c2ccccc2Cl)nc2ccccc2c1=O. The lowest BCUT2D eigenvalue weighted by Gasteiger charge is -2.10. The Bertz CT molecular complexity index is 1130. The number of aromatic nitrogens is 2. The number of hydrogen-bond donors (Lipinski definition) is 0. The molecule has 134 valence electrons. The summed E-state index contributed by atoms with van der Waals surface area (Å²) in [6, 6.07) is 15.8. The molecule has 0 saturated carbocycles. The molecule has 0 unspecified atom stereocenters. The van der Waals surface area contributed by atoms with Crippen LogP contribution in [0.15, 0.2) is 59.4 Å². The van der Waals surface area contributed by atoms with Crippen LogP contribution in [0.4, 0.5) is 0 Å². The maximum atomic E-state index is 12.5. The molecule has 0 aliphatic carbocycles. The van der Waals surface area contributed by atoms with Crippen molar-refractivity contribution >= 4 is 34.5 Å². The Balaban J connectivity index is 1.81. The van der Waals surface area contributed by atoms with Gasteiger partial charge < -0.3 is 4.74 Å². The number of para-hydroxylation sites is 1. The van der Waals surface area contributed by atoms with Crippen LogP contribution in [0, 0.1) is 11.3 Å². The fourth-order valence-electron chi connectivity index (χ4n) is 2.51.